The molecular weight excluding hydrogens is 354 g/mol. The zero-order valence-electron chi connectivity index (χ0n) is 16.0. The molecule has 0 saturated carbocycles. The number of aryl methyl sites for hydroxylation is 2. The Morgan fingerprint density at radius 2 is 1.96 bits per heavy atom. The Hall–Kier alpha value is -2.05. The quantitative estimate of drug-likeness (QED) is 0.795. The zero-order valence-corrected chi connectivity index (χ0v) is 16.9. The Bertz CT molecular complexity index is 724. The van der Waals surface area contributed by atoms with Crippen LogP contribution in [0.1, 0.15) is 41.2 Å². The minimum atomic E-state index is -0.142. The van der Waals surface area contributed by atoms with Crippen molar-refractivity contribution in [3.05, 3.63) is 46.8 Å². The molecule has 0 atom stereocenters. The third kappa shape index (κ3) is 5.22. The fourth-order valence-electron chi connectivity index (χ4n) is 2.61. The normalized spacial score (nSPS) is 11.0. The van der Waals surface area contributed by atoms with E-state index in [0.29, 0.717) is 31.0 Å². The van der Waals surface area contributed by atoms with Crippen LogP contribution in [0.15, 0.2) is 28.8 Å². The first-order chi connectivity index (χ1) is 11.7. The Kier molecular flexibility index (Phi) is 7.66. The first-order valence-electron chi connectivity index (χ1n) is 8.34. The smallest absolute Gasteiger partial charge is 0.257 e. The minimum Gasteiger partial charge on any atom is -0.488 e. The van der Waals surface area contributed by atoms with Crippen molar-refractivity contribution in [2.45, 2.75) is 34.3 Å². The van der Waals surface area contributed by atoms with Gasteiger partial charge in [-0.2, -0.15) is 0 Å². The third-order valence-corrected chi connectivity index (χ3v) is 4.24. The zero-order chi connectivity index (χ0) is 18.6. The highest BCUT2D eigenvalue weighted by atomic mass is 35.5. The second-order valence-corrected chi connectivity index (χ2v) is 7.12. The average molecular weight is 382 g/mol. The lowest BCUT2D eigenvalue weighted by Gasteiger charge is -2.29. The second kappa shape index (κ2) is 9.05. The molecule has 0 fully saturated rings. The van der Waals surface area contributed by atoms with E-state index >= 15 is 0 Å². The number of rotatable bonds is 7. The van der Waals surface area contributed by atoms with Crippen LogP contribution in [0, 0.1) is 19.3 Å². The van der Waals surface area contributed by atoms with Gasteiger partial charge in [-0.15, -0.1) is 12.4 Å². The standard InChI is InChI=1S/C19H27N3O3.ClH/c1-13-16(14(2)25-21-13)10-24-17-9-7-6-8-15(17)18(23)22(5)12-19(3,4)11-20;/h6-9H,10-12,20H2,1-5H3;1H. The Balaban J connectivity index is 0.00000338. The van der Waals surface area contributed by atoms with Crippen molar-refractivity contribution in [3.63, 3.8) is 0 Å². The van der Waals surface area contributed by atoms with Gasteiger partial charge in [0.25, 0.3) is 5.91 Å². The number of hydrogen-bond acceptors (Lipinski definition) is 5. The van der Waals surface area contributed by atoms with Crippen LogP contribution < -0.4 is 10.5 Å². The molecule has 7 heteroatoms. The van der Waals surface area contributed by atoms with Gasteiger partial charge in [-0.25, -0.2) is 0 Å². The predicted octanol–water partition coefficient (Wildman–Crippen LogP) is 3.35. The Morgan fingerprint density at radius 3 is 2.54 bits per heavy atom. The second-order valence-electron chi connectivity index (χ2n) is 7.12. The summed E-state index contributed by atoms with van der Waals surface area (Å²) < 4.78 is 11.0. The molecule has 0 spiro atoms. The molecule has 2 rings (SSSR count). The average Bonchev–Trinajstić information content (AvgIpc) is 2.90. The summed E-state index contributed by atoms with van der Waals surface area (Å²) in [5, 5.41) is 3.92. The summed E-state index contributed by atoms with van der Waals surface area (Å²) in [6, 6.07) is 7.26. The molecule has 1 aromatic carbocycles. The summed E-state index contributed by atoms with van der Waals surface area (Å²) in [7, 11) is 1.78. The van der Waals surface area contributed by atoms with Crippen molar-refractivity contribution < 1.29 is 14.1 Å². The van der Waals surface area contributed by atoms with Crippen LogP contribution in [0.3, 0.4) is 0 Å². The summed E-state index contributed by atoms with van der Waals surface area (Å²) in [5.41, 5.74) is 7.86. The fraction of sp³-hybridized carbons (Fsp3) is 0.474. The maximum Gasteiger partial charge on any atom is 0.257 e. The number of carbonyl (C=O) groups excluding carboxylic acids is 1. The van der Waals surface area contributed by atoms with Crippen LogP contribution in [-0.2, 0) is 6.61 Å². The molecule has 0 saturated heterocycles. The minimum absolute atomic E-state index is 0. The summed E-state index contributed by atoms with van der Waals surface area (Å²) in [5.74, 6) is 1.18. The fourth-order valence-corrected chi connectivity index (χ4v) is 2.61. The molecule has 2 aromatic rings. The van der Waals surface area contributed by atoms with Gasteiger partial charge >= 0.3 is 0 Å². The van der Waals surface area contributed by atoms with Crippen LogP contribution in [0.25, 0.3) is 0 Å². The summed E-state index contributed by atoms with van der Waals surface area (Å²) in [6.45, 7) is 9.18. The van der Waals surface area contributed by atoms with E-state index in [0.717, 1.165) is 17.0 Å². The molecule has 1 aromatic heterocycles. The van der Waals surface area contributed by atoms with Gasteiger partial charge in [0, 0.05) is 13.6 Å². The van der Waals surface area contributed by atoms with Crippen molar-refractivity contribution in [1.82, 2.24) is 10.1 Å². The molecule has 144 valence electrons. The van der Waals surface area contributed by atoms with Crippen LogP contribution in [0.5, 0.6) is 5.75 Å². The molecule has 0 aliphatic rings. The van der Waals surface area contributed by atoms with Crippen LogP contribution >= 0.6 is 12.4 Å². The van der Waals surface area contributed by atoms with Crippen LogP contribution in [0.2, 0.25) is 0 Å². The first kappa shape index (κ1) is 22.0. The van der Waals surface area contributed by atoms with Crippen LogP contribution in [0.4, 0.5) is 0 Å². The molecule has 1 heterocycles. The lowest BCUT2D eigenvalue weighted by Crippen LogP contribution is -2.39. The molecule has 2 N–H and O–H groups in total. The van der Waals surface area contributed by atoms with E-state index in [4.69, 9.17) is 15.0 Å². The molecule has 0 aliphatic carbocycles. The van der Waals surface area contributed by atoms with Crippen molar-refractivity contribution in [2.24, 2.45) is 11.1 Å². The lowest BCUT2D eigenvalue weighted by molar-refractivity contribution is 0.0735. The first-order valence-corrected chi connectivity index (χ1v) is 8.34. The van der Waals surface area contributed by atoms with Crippen molar-refractivity contribution >= 4 is 18.3 Å². The van der Waals surface area contributed by atoms with Gasteiger partial charge in [-0.1, -0.05) is 31.1 Å². The van der Waals surface area contributed by atoms with Gasteiger partial charge in [0.2, 0.25) is 0 Å². The Labute approximate surface area is 161 Å². The number of nitrogens with zero attached hydrogens (tertiary/aromatic N) is 2. The van der Waals surface area contributed by atoms with Gasteiger partial charge in [-0.05, 0) is 37.9 Å². The predicted molar refractivity (Wildman–Crippen MR) is 104 cm³/mol. The highest BCUT2D eigenvalue weighted by Crippen LogP contribution is 2.24. The van der Waals surface area contributed by atoms with Crippen molar-refractivity contribution in [1.29, 1.82) is 0 Å². The van der Waals surface area contributed by atoms with Crippen molar-refractivity contribution in [2.75, 3.05) is 20.1 Å². The van der Waals surface area contributed by atoms with E-state index in [-0.39, 0.29) is 23.7 Å². The summed E-state index contributed by atoms with van der Waals surface area (Å²) in [6.07, 6.45) is 0. The maximum absolute atomic E-state index is 12.8. The number of halogens is 1. The molecule has 6 nitrogen and oxygen atoms in total. The van der Waals surface area contributed by atoms with Gasteiger partial charge in [-0.3, -0.25) is 4.79 Å². The SMILES string of the molecule is Cc1noc(C)c1COc1ccccc1C(=O)N(C)CC(C)(C)CN.Cl. The summed E-state index contributed by atoms with van der Waals surface area (Å²) in [4.78, 5) is 14.5. The molecule has 0 aliphatic heterocycles. The largest absolute Gasteiger partial charge is 0.488 e. The van der Waals surface area contributed by atoms with E-state index < -0.39 is 0 Å². The molecule has 1 amide bonds. The van der Waals surface area contributed by atoms with E-state index in [1.54, 1.807) is 24.1 Å². The van der Waals surface area contributed by atoms with Gasteiger partial charge in [0.15, 0.2) is 0 Å². The number of para-hydroxylation sites is 1. The monoisotopic (exact) mass is 381 g/mol. The van der Waals surface area contributed by atoms with E-state index in [9.17, 15) is 4.79 Å². The van der Waals surface area contributed by atoms with Gasteiger partial charge in [0.1, 0.15) is 18.1 Å². The van der Waals surface area contributed by atoms with Crippen molar-refractivity contribution in [3.8, 4) is 5.75 Å². The number of aromatic nitrogens is 1. The number of benzene rings is 1. The highest BCUT2D eigenvalue weighted by Gasteiger charge is 2.24. The molecular formula is C19H28ClN3O3. The molecule has 0 bridgehead atoms. The van der Waals surface area contributed by atoms with E-state index in [1.165, 1.54) is 0 Å². The molecule has 26 heavy (non-hydrogen) atoms. The number of hydrogen-bond donors (Lipinski definition) is 1. The summed E-state index contributed by atoms with van der Waals surface area (Å²) >= 11 is 0. The number of nitrogens with two attached hydrogens (primary N) is 1. The number of ether oxygens (including phenoxy) is 1. The van der Waals surface area contributed by atoms with Crippen LogP contribution in [-0.4, -0.2) is 36.1 Å². The lowest BCUT2D eigenvalue weighted by atomic mass is 9.93. The molecule has 0 radical (unpaired) electrons. The van der Waals surface area contributed by atoms with E-state index in [1.807, 2.05) is 39.8 Å². The Morgan fingerprint density at radius 1 is 1.31 bits per heavy atom. The topological polar surface area (TPSA) is 81.6 Å². The van der Waals surface area contributed by atoms with Gasteiger partial charge < -0.3 is 19.9 Å². The van der Waals surface area contributed by atoms with E-state index in [2.05, 4.69) is 5.16 Å². The van der Waals surface area contributed by atoms with Gasteiger partial charge in [0.05, 0.1) is 16.8 Å². The number of amides is 1. The third-order valence-electron chi connectivity index (χ3n) is 4.24. The maximum atomic E-state index is 12.8. The highest BCUT2D eigenvalue weighted by molar-refractivity contribution is 5.96. The molecule has 0 unspecified atom stereocenters. The number of carbonyl (C=O) groups is 1.